The molecule has 0 spiro atoms. The number of hydrogen-bond acceptors (Lipinski definition) is 4. The van der Waals surface area contributed by atoms with Gasteiger partial charge in [-0.15, -0.1) is 0 Å². The first-order valence-electron chi connectivity index (χ1n) is 4.24. The number of nitro groups is 1. The average molecular weight is 260 g/mol. The van der Waals surface area contributed by atoms with Gasteiger partial charge in [-0.05, 0) is 11.6 Å². The second-order valence-electron chi connectivity index (χ2n) is 3.07. The summed E-state index contributed by atoms with van der Waals surface area (Å²) in [7, 11) is 0. The molecule has 0 aromatic heterocycles. The molecular formula is C9H6ClNO6. The van der Waals surface area contributed by atoms with Crippen LogP contribution in [-0.2, 0) is 9.59 Å². The van der Waals surface area contributed by atoms with Gasteiger partial charge in [0, 0.05) is 12.1 Å². The van der Waals surface area contributed by atoms with Gasteiger partial charge in [-0.1, -0.05) is 11.6 Å². The van der Waals surface area contributed by atoms with Crippen LogP contribution in [0.15, 0.2) is 18.2 Å². The van der Waals surface area contributed by atoms with E-state index in [1.807, 2.05) is 0 Å². The Kier molecular flexibility index (Phi) is 3.64. The van der Waals surface area contributed by atoms with E-state index < -0.39 is 22.8 Å². The number of aliphatic carboxylic acids is 2. The van der Waals surface area contributed by atoms with Crippen LogP contribution in [0.3, 0.4) is 0 Å². The number of rotatable bonds is 4. The van der Waals surface area contributed by atoms with Gasteiger partial charge in [0.2, 0.25) is 0 Å². The van der Waals surface area contributed by atoms with E-state index in [-0.39, 0.29) is 16.3 Å². The lowest BCUT2D eigenvalue weighted by molar-refractivity contribution is -0.384. The van der Waals surface area contributed by atoms with Crippen molar-refractivity contribution in [2.45, 2.75) is 5.92 Å². The van der Waals surface area contributed by atoms with Crippen LogP contribution in [0.5, 0.6) is 0 Å². The van der Waals surface area contributed by atoms with E-state index in [1.165, 1.54) is 0 Å². The molecule has 7 nitrogen and oxygen atoms in total. The van der Waals surface area contributed by atoms with Gasteiger partial charge >= 0.3 is 11.9 Å². The molecule has 0 saturated heterocycles. The Bertz CT molecular complexity index is 486. The number of halogens is 1. The molecule has 0 heterocycles. The van der Waals surface area contributed by atoms with Crippen molar-refractivity contribution < 1.29 is 24.7 Å². The molecule has 17 heavy (non-hydrogen) atoms. The van der Waals surface area contributed by atoms with Crippen LogP contribution in [0, 0.1) is 10.1 Å². The second kappa shape index (κ2) is 4.79. The van der Waals surface area contributed by atoms with Gasteiger partial charge in [-0.3, -0.25) is 19.7 Å². The first kappa shape index (κ1) is 12.9. The van der Waals surface area contributed by atoms with Crippen molar-refractivity contribution in [3.05, 3.63) is 38.9 Å². The highest BCUT2D eigenvalue weighted by Gasteiger charge is 2.30. The van der Waals surface area contributed by atoms with Gasteiger partial charge in [-0.25, -0.2) is 0 Å². The van der Waals surface area contributed by atoms with Crippen LogP contribution in [-0.4, -0.2) is 27.1 Å². The smallest absolute Gasteiger partial charge is 0.322 e. The molecule has 0 amide bonds. The van der Waals surface area contributed by atoms with Crippen molar-refractivity contribution in [3.8, 4) is 0 Å². The summed E-state index contributed by atoms with van der Waals surface area (Å²) in [5.74, 6) is -5.02. The highest BCUT2D eigenvalue weighted by molar-refractivity contribution is 6.32. The van der Waals surface area contributed by atoms with Crippen molar-refractivity contribution >= 4 is 29.2 Å². The van der Waals surface area contributed by atoms with E-state index in [9.17, 15) is 19.7 Å². The van der Waals surface area contributed by atoms with E-state index in [2.05, 4.69) is 0 Å². The maximum Gasteiger partial charge on any atom is 0.322 e. The fourth-order valence-corrected chi connectivity index (χ4v) is 1.52. The van der Waals surface area contributed by atoms with Crippen molar-refractivity contribution in [2.75, 3.05) is 0 Å². The molecule has 90 valence electrons. The van der Waals surface area contributed by atoms with Crippen molar-refractivity contribution in [1.29, 1.82) is 0 Å². The Morgan fingerprint density at radius 1 is 1.29 bits per heavy atom. The van der Waals surface area contributed by atoms with Crippen LogP contribution < -0.4 is 0 Å². The average Bonchev–Trinajstić information content (AvgIpc) is 2.19. The minimum absolute atomic E-state index is 0.197. The summed E-state index contributed by atoms with van der Waals surface area (Å²) in [6.07, 6.45) is 0. The van der Waals surface area contributed by atoms with Crippen LogP contribution in [0.2, 0.25) is 5.02 Å². The van der Waals surface area contributed by atoms with Gasteiger partial charge in [0.25, 0.3) is 5.69 Å². The Morgan fingerprint density at radius 2 is 1.82 bits per heavy atom. The predicted molar refractivity (Wildman–Crippen MR) is 56.1 cm³/mol. The number of nitro benzene ring substituents is 1. The molecule has 2 N–H and O–H groups in total. The monoisotopic (exact) mass is 259 g/mol. The summed E-state index contributed by atoms with van der Waals surface area (Å²) >= 11 is 5.63. The number of benzene rings is 1. The van der Waals surface area contributed by atoms with E-state index in [0.29, 0.717) is 0 Å². The third-order valence-electron chi connectivity index (χ3n) is 2.00. The van der Waals surface area contributed by atoms with Crippen LogP contribution in [0.4, 0.5) is 5.69 Å². The molecule has 1 aromatic carbocycles. The maximum atomic E-state index is 10.7. The molecule has 1 aromatic rings. The van der Waals surface area contributed by atoms with E-state index in [0.717, 1.165) is 18.2 Å². The maximum absolute atomic E-state index is 10.7. The standard InChI is InChI=1S/C9H6ClNO6/c10-6-3-4(11(16)17)1-2-5(6)7(8(12)13)9(14)15/h1-3,7H,(H,12,13)(H,14,15). The molecule has 0 aliphatic heterocycles. The number of carboxylic acids is 2. The molecule has 0 saturated carbocycles. The zero-order valence-electron chi connectivity index (χ0n) is 8.16. The summed E-state index contributed by atoms with van der Waals surface area (Å²) in [6, 6.07) is 2.93. The normalized spacial score (nSPS) is 10.2. The zero-order valence-corrected chi connectivity index (χ0v) is 8.92. The van der Waals surface area contributed by atoms with Crippen molar-refractivity contribution in [3.63, 3.8) is 0 Å². The molecule has 1 rings (SSSR count). The lowest BCUT2D eigenvalue weighted by atomic mass is 9.99. The minimum Gasteiger partial charge on any atom is -0.480 e. The summed E-state index contributed by atoms with van der Waals surface area (Å²) in [5.41, 5.74) is -0.537. The lowest BCUT2D eigenvalue weighted by Crippen LogP contribution is -2.21. The lowest BCUT2D eigenvalue weighted by Gasteiger charge is -2.09. The first-order valence-corrected chi connectivity index (χ1v) is 4.62. The zero-order chi connectivity index (χ0) is 13.2. The first-order chi connectivity index (χ1) is 7.84. The van der Waals surface area contributed by atoms with Gasteiger partial charge in [0.05, 0.1) is 9.95 Å². The highest BCUT2D eigenvalue weighted by Crippen LogP contribution is 2.28. The van der Waals surface area contributed by atoms with E-state index in [4.69, 9.17) is 21.8 Å². The summed E-state index contributed by atoms with van der Waals surface area (Å²) in [6.45, 7) is 0. The van der Waals surface area contributed by atoms with Crippen LogP contribution >= 0.6 is 11.6 Å². The molecule has 0 atom stereocenters. The number of nitrogens with zero attached hydrogens (tertiary/aromatic N) is 1. The largest absolute Gasteiger partial charge is 0.480 e. The second-order valence-corrected chi connectivity index (χ2v) is 3.48. The molecule has 0 fully saturated rings. The Labute approximate surface area is 99.4 Å². The SMILES string of the molecule is O=C(O)C(C(=O)O)c1ccc([N+](=O)[O-])cc1Cl. The van der Waals surface area contributed by atoms with Crippen molar-refractivity contribution in [2.24, 2.45) is 0 Å². The molecule has 8 heteroatoms. The third-order valence-corrected chi connectivity index (χ3v) is 2.33. The Hall–Kier alpha value is -2.15. The Balaban J connectivity index is 3.27. The number of carbonyl (C=O) groups is 2. The molecule has 0 aliphatic carbocycles. The molecule has 0 unspecified atom stereocenters. The Morgan fingerprint density at radius 3 is 2.18 bits per heavy atom. The fourth-order valence-electron chi connectivity index (χ4n) is 1.24. The summed E-state index contributed by atoms with van der Waals surface area (Å²) in [5, 5.41) is 27.6. The highest BCUT2D eigenvalue weighted by atomic mass is 35.5. The quantitative estimate of drug-likeness (QED) is 0.480. The van der Waals surface area contributed by atoms with Gasteiger partial charge in [0.15, 0.2) is 5.92 Å². The van der Waals surface area contributed by atoms with Gasteiger partial charge in [0.1, 0.15) is 0 Å². The van der Waals surface area contributed by atoms with Gasteiger partial charge < -0.3 is 10.2 Å². The summed E-state index contributed by atoms with van der Waals surface area (Å²) in [4.78, 5) is 31.2. The molecular weight excluding hydrogens is 254 g/mol. The number of hydrogen-bond donors (Lipinski definition) is 2. The number of non-ortho nitro benzene ring substituents is 1. The van der Waals surface area contributed by atoms with E-state index in [1.54, 1.807) is 0 Å². The van der Waals surface area contributed by atoms with E-state index >= 15 is 0 Å². The van der Waals surface area contributed by atoms with Gasteiger partial charge in [-0.2, -0.15) is 0 Å². The van der Waals surface area contributed by atoms with Crippen LogP contribution in [0.25, 0.3) is 0 Å². The number of carboxylic acid groups (broad SMARTS) is 2. The molecule has 0 radical (unpaired) electrons. The van der Waals surface area contributed by atoms with Crippen LogP contribution in [0.1, 0.15) is 11.5 Å². The minimum atomic E-state index is -1.84. The van der Waals surface area contributed by atoms with Crippen molar-refractivity contribution in [1.82, 2.24) is 0 Å². The molecule has 0 bridgehead atoms. The molecule has 0 aliphatic rings. The fraction of sp³-hybridized carbons (Fsp3) is 0.111. The topological polar surface area (TPSA) is 118 Å². The third kappa shape index (κ3) is 2.70. The summed E-state index contributed by atoms with van der Waals surface area (Å²) < 4.78 is 0. The predicted octanol–water partition coefficient (Wildman–Crippen LogP) is 1.50.